The molecular formula is C16H18N4. The summed E-state index contributed by atoms with van der Waals surface area (Å²) in [7, 11) is 0. The Labute approximate surface area is 118 Å². The lowest BCUT2D eigenvalue weighted by Crippen LogP contribution is -2.27. The molecule has 0 radical (unpaired) electrons. The Bertz CT molecular complexity index is 621. The van der Waals surface area contributed by atoms with Gasteiger partial charge in [-0.05, 0) is 37.0 Å². The highest BCUT2D eigenvalue weighted by Gasteiger charge is 2.23. The fourth-order valence-electron chi connectivity index (χ4n) is 2.89. The van der Waals surface area contributed by atoms with E-state index in [2.05, 4.69) is 16.0 Å². The summed E-state index contributed by atoms with van der Waals surface area (Å²) < 4.78 is 0. The van der Waals surface area contributed by atoms with Crippen molar-refractivity contribution in [3.8, 4) is 17.3 Å². The molecule has 2 atom stereocenters. The number of nitrogens with zero attached hydrogens (tertiary/aromatic N) is 2. The second kappa shape index (κ2) is 5.48. The molecular weight excluding hydrogens is 248 g/mol. The average molecular weight is 266 g/mol. The van der Waals surface area contributed by atoms with Crippen LogP contribution >= 0.6 is 0 Å². The Morgan fingerprint density at radius 3 is 2.75 bits per heavy atom. The van der Waals surface area contributed by atoms with Gasteiger partial charge in [-0.2, -0.15) is 5.26 Å². The minimum absolute atomic E-state index is 0.303. The summed E-state index contributed by atoms with van der Waals surface area (Å²) in [5, 5.41) is 8.82. The van der Waals surface area contributed by atoms with Gasteiger partial charge in [0.15, 0.2) is 0 Å². The van der Waals surface area contributed by atoms with Gasteiger partial charge < -0.3 is 10.7 Å². The largest absolute Gasteiger partial charge is 0.342 e. The molecule has 3 N–H and O–H groups in total. The van der Waals surface area contributed by atoms with Crippen LogP contribution in [0.1, 0.15) is 43.0 Å². The molecule has 20 heavy (non-hydrogen) atoms. The van der Waals surface area contributed by atoms with Crippen molar-refractivity contribution in [3.05, 3.63) is 41.9 Å². The Balaban J connectivity index is 1.80. The predicted molar refractivity (Wildman–Crippen MR) is 77.9 cm³/mol. The van der Waals surface area contributed by atoms with Crippen LogP contribution in [0.15, 0.2) is 30.5 Å². The molecule has 1 aliphatic rings. The fourth-order valence-corrected chi connectivity index (χ4v) is 2.89. The van der Waals surface area contributed by atoms with Gasteiger partial charge in [-0.1, -0.05) is 18.6 Å². The van der Waals surface area contributed by atoms with Crippen LogP contribution in [0.5, 0.6) is 0 Å². The molecule has 2 unspecified atom stereocenters. The molecule has 0 amide bonds. The van der Waals surface area contributed by atoms with E-state index in [1.165, 1.54) is 6.42 Å². The first kappa shape index (κ1) is 12.9. The molecule has 4 nitrogen and oxygen atoms in total. The predicted octanol–water partition coefficient (Wildman–Crippen LogP) is 2.93. The third-order valence-electron chi connectivity index (χ3n) is 4.02. The number of nitriles is 1. The van der Waals surface area contributed by atoms with Crippen LogP contribution in [-0.4, -0.2) is 16.0 Å². The summed E-state index contributed by atoms with van der Waals surface area (Å²) in [6.45, 7) is 0. The zero-order chi connectivity index (χ0) is 13.9. The number of H-pyrrole nitrogens is 1. The Morgan fingerprint density at radius 1 is 1.25 bits per heavy atom. The van der Waals surface area contributed by atoms with E-state index in [1.807, 2.05) is 30.5 Å². The van der Waals surface area contributed by atoms with E-state index in [-0.39, 0.29) is 0 Å². The number of nitrogens with two attached hydrogens (primary N) is 1. The number of benzene rings is 1. The minimum Gasteiger partial charge on any atom is -0.342 e. The smallest absolute Gasteiger partial charge is 0.109 e. The van der Waals surface area contributed by atoms with Crippen molar-refractivity contribution >= 4 is 0 Å². The summed E-state index contributed by atoms with van der Waals surface area (Å²) in [5.41, 5.74) is 8.77. The lowest BCUT2D eigenvalue weighted by molar-refractivity contribution is 0.383. The number of aromatic amines is 1. The molecule has 1 aliphatic carbocycles. The Kier molecular flexibility index (Phi) is 3.53. The summed E-state index contributed by atoms with van der Waals surface area (Å²) >= 11 is 0. The second-order valence-corrected chi connectivity index (χ2v) is 5.49. The maximum Gasteiger partial charge on any atom is 0.109 e. The van der Waals surface area contributed by atoms with Crippen LogP contribution in [0.3, 0.4) is 0 Å². The van der Waals surface area contributed by atoms with Crippen LogP contribution in [0.25, 0.3) is 11.3 Å². The van der Waals surface area contributed by atoms with E-state index in [9.17, 15) is 0 Å². The molecule has 1 saturated carbocycles. The molecule has 1 aromatic heterocycles. The van der Waals surface area contributed by atoms with Crippen molar-refractivity contribution in [2.24, 2.45) is 5.73 Å². The van der Waals surface area contributed by atoms with Crippen LogP contribution < -0.4 is 5.73 Å². The Morgan fingerprint density at radius 2 is 2.05 bits per heavy atom. The standard InChI is InChI=1S/C16H18N4/c17-9-11-4-6-12(7-5-11)15-10-19-16(20-15)13-2-1-3-14(18)8-13/h4-7,10,13-14H,1-3,8,18H2,(H,19,20). The fraction of sp³-hybridized carbons (Fsp3) is 0.375. The number of nitrogens with one attached hydrogen (secondary N) is 1. The first-order valence-corrected chi connectivity index (χ1v) is 7.07. The van der Waals surface area contributed by atoms with Gasteiger partial charge in [0.05, 0.1) is 23.5 Å². The van der Waals surface area contributed by atoms with Crippen molar-refractivity contribution in [2.45, 2.75) is 37.6 Å². The summed E-state index contributed by atoms with van der Waals surface area (Å²) in [6.07, 6.45) is 6.35. The van der Waals surface area contributed by atoms with Crippen LogP contribution in [-0.2, 0) is 0 Å². The molecule has 0 spiro atoms. The average Bonchev–Trinajstić information content (AvgIpc) is 2.97. The Hall–Kier alpha value is -2.12. The van der Waals surface area contributed by atoms with E-state index in [0.29, 0.717) is 17.5 Å². The topological polar surface area (TPSA) is 78.5 Å². The number of hydrogen-bond acceptors (Lipinski definition) is 3. The van der Waals surface area contributed by atoms with E-state index in [4.69, 9.17) is 11.0 Å². The van der Waals surface area contributed by atoms with E-state index < -0.39 is 0 Å². The van der Waals surface area contributed by atoms with Gasteiger partial charge in [0.1, 0.15) is 5.82 Å². The zero-order valence-corrected chi connectivity index (χ0v) is 11.3. The van der Waals surface area contributed by atoms with Gasteiger partial charge in [0, 0.05) is 12.0 Å². The zero-order valence-electron chi connectivity index (χ0n) is 11.3. The number of aromatic nitrogens is 2. The second-order valence-electron chi connectivity index (χ2n) is 5.49. The molecule has 2 aromatic rings. The lowest BCUT2D eigenvalue weighted by atomic mass is 9.86. The summed E-state index contributed by atoms with van der Waals surface area (Å²) in [4.78, 5) is 7.92. The van der Waals surface area contributed by atoms with Crippen LogP contribution in [0.4, 0.5) is 0 Å². The highest BCUT2D eigenvalue weighted by atomic mass is 14.9. The summed E-state index contributed by atoms with van der Waals surface area (Å²) in [5.74, 6) is 1.49. The highest BCUT2D eigenvalue weighted by Crippen LogP contribution is 2.31. The third kappa shape index (κ3) is 2.59. The molecule has 1 aromatic carbocycles. The van der Waals surface area contributed by atoms with Gasteiger partial charge in [0.2, 0.25) is 0 Å². The quantitative estimate of drug-likeness (QED) is 0.877. The van der Waals surface area contributed by atoms with Crippen molar-refractivity contribution in [2.75, 3.05) is 0 Å². The summed E-state index contributed by atoms with van der Waals surface area (Å²) in [6, 6.07) is 9.98. The van der Waals surface area contributed by atoms with Crippen molar-refractivity contribution in [1.82, 2.24) is 9.97 Å². The van der Waals surface area contributed by atoms with E-state index >= 15 is 0 Å². The molecule has 1 heterocycles. The molecule has 0 saturated heterocycles. The van der Waals surface area contributed by atoms with E-state index in [0.717, 1.165) is 36.3 Å². The van der Waals surface area contributed by atoms with Gasteiger partial charge in [-0.15, -0.1) is 0 Å². The SMILES string of the molecule is N#Cc1ccc(-c2cnc(C3CCCC(N)C3)[nH]2)cc1. The number of hydrogen-bond donors (Lipinski definition) is 2. The number of imidazole rings is 1. The van der Waals surface area contributed by atoms with Crippen LogP contribution in [0.2, 0.25) is 0 Å². The van der Waals surface area contributed by atoms with Gasteiger partial charge in [-0.3, -0.25) is 0 Å². The highest BCUT2D eigenvalue weighted by molar-refractivity contribution is 5.59. The number of rotatable bonds is 2. The first-order valence-electron chi connectivity index (χ1n) is 7.07. The molecule has 1 fully saturated rings. The lowest BCUT2D eigenvalue weighted by Gasteiger charge is -2.24. The first-order chi connectivity index (χ1) is 9.76. The van der Waals surface area contributed by atoms with E-state index in [1.54, 1.807) is 0 Å². The van der Waals surface area contributed by atoms with Crippen LogP contribution in [0, 0.1) is 11.3 Å². The van der Waals surface area contributed by atoms with Gasteiger partial charge in [0.25, 0.3) is 0 Å². The molecule has 3 rings (SSSR count). The molecule has 0 bridgehead atoms. The third-order valence-corrected chi connectivity index (χ3v) is 4.02. The molecule has 102 valence electrons. The van der Waals surface area contributed by atoms with Crippen molar-refractivity contribution < 1.29 is 0 Å². The normalized spacial score (nSPS) is 22.4. The monoisotopic (exact) mass is 266 g/mol. The van der Waals surface area contributed by atoms with Gasteiger partial charge >= 0.3 is 0 Å². The molecule has 4 heteroatoms. The maximum absolute atomic E-state index is 8.82. The van der Waals surface area contributed by atoms with Gasteiger partial charge in [-0.25, -0.2) is 4.98 Å². The van der Waals surface area contributed by atoms with Crippen molar-refractivity contribution in [1.29, 1.82) is 5.26 Å². The van der Waals surface area contributed by atoms with Crippen molar-refractivity contribution in [3.63, 3.8) is 0 Å². The molecule has 0 aliphatic heterocycles. The maximum atomic E-state index is 8.82. The minimum atomic E-state index is 0.303.